The Bertz CT molecular complexity index is 555. The van der Waals surface area contributed by atoms with E-state index < -0.39 is 0 Å². The topological polar surface area (TPSA) is 35.5 Å². The van der Waals surface area contributed by atoms with Crippen molar-refractivity contribution in [1.29, 1.82) is 0 Å². The Hall–Kier alpha value is -1.33. The molecule has 0 atom stereocenters. The van der Waals surface area contributed by atoms with Crippen molar-refractivity contribution in [3.63, 3.8) is 0 Å². The molecule has 0 bridgehead atoms. The maximum Gasteiger partial charge on any atom is 0.194 e. The molecule has 3 nitrogen and oxygen atoms in total. The molecule has 94 valence electrons. The Morgan fingerprint density at radius 2 is 1.67 bits per heavy atom. The number of methoxy groups -OCH3 is 2. The minimum Gasteiger partial charge on any atom is -0.497 e. The summed E-state index contributed by atoms with van der Waals surface area (Å²) in [5.41, 5.74) is 1.21. The molecular formula is C13H11BrO3S. The standard InChI is InChI=1S/C13H11BrO3S/c1-16-10-3-8(4-11(6-10)17-2)13(15)9-5-12(14)18-7-9/h3-7H,1-2H3. The number of hydrogen-bond acceptors (Lipinski definition) is 4. The smallest absolute Gasteiger partial charge is 0.194 e. The molecule has 0 saturated carbocycles. The second-order valence-electron chi connectivity index (χ2n) is 3.57. The Kier molecular flexibility index (Phi) is 4.04. The molecule has 1 aromatic carbocycles. The molecule has 1 aromatic heterocycles. The van der Waals surface area contributed by atoms with Crippen LogP contribution in [0.4, 0.5) is 0 Å². The second-order valence-corrected chi connectivity index (χ2v) is 5.86. The van der Waals surface area contributed by atoms with Crippen LogP contribution in [-0.2, 0) is 0 Å². The molecule has 0 amide bonds. The van der Waals surface area contributed by atoms with Crippen LogP contribution in [0.3, 0.4) is 0 Å². The molecule has 0 unspecified atom stereocenters. The molecule has 0 aliphatic heterocycles. The van der Waals surface area contributed by atoms with Gasteiger partial charge in [0, 0.05) is 22.6 Å². The fourth-order valence-corrected chi connectivity index (χ4v) is 2.67. The first-order valence-corrected chi connectivity index (χ1v) is 6.83. The van der Waals surface area contributed by atoms with E-state index in [4.69, 9.17) is 9.47 Å². The van der Waals surface area contributed by atoms with E-state index in [0.29, 0.717) is 22.6 Å². The van der Waals surface area contributed by atoms with Gasteiger partial charge in [-0.05, 0) is 34.1 Å². The van der Waals surface area contributed by atoms with Gasteiger partial charge >= 0.3 is 0 Å². The first-order valence-electron chi connectivity index (χ1n) is 5.16. The number of rotatable bonds is 4. The normalized spacial score (nSPS) is 10.2. The highest BCUT2D eigenvalue weighted by Crippen LogP contribution is 2.27. The second kappa shape index (κ2) is 5.54. The lowest BCUT2D eigenvalue weighted by Crippen LogP contribution is -2.01. The van der Waals surface area contributed by atoms with Crippen molar-refractivity contribution in [2.24, 2.45) is 0 Å². The summed E-state index contributed by atoms with van der Waals surface area (Å²) >= 11 is 4.83. The average molecular weight is 327 g/mol. The quantitative estimate of drug-likeness (QED) is 0.802. The minimum absolute atomic E-state index is 0.0471. The van der Waals surface area contributed by atoms with Crippen LogP contribution in [0.15, 0.2) is 33.4 Å². The van der Waals surface area contributed by atoms with E-state index >= 15 is 0 Å². The van der Waals surface area contributed by atoms with Crippen LogP contribution in [0, 0.1) is 0 Å². The van der Waals surface area contributed by atoms with E-state index in [0.717, 1.165) is 3.79 Å². The Balaban J connectivity index is 2.40. The summed E-state index contributed by atoms with van der Waals surface area (Å²) < 4.78 is 11.2. The Morgan fingerprint density at radius 1 is 1.06 bits per heavy atom. The van der Waals surface area contributed by atoms with Crippen molar-refractivity contribution < 1.29 is 14.3 Å². The van der Waals surface area contributed by atoms with Gasteiger partial charge in [-0.15, -0.1) is 11.3 Å². The summed E-state index contributed by atoms with van der Waals surface area (Å²) in [4.78, 5) is 12.3. The van der Waals surface area contributed by atoms with Crippen LogP contribution >= 0.6 is 27.3 Å². The number of carbonyl (C=O) groups excluding carboxylic acids is 1. The van der Waals surface area contributed by atoms with Gasteiger partial charge < -0.3 is 9.47 Å². The van der Waals surface area contributed by atoms with E-state index in [9.17, 15) is 4.79 Å². The maximum atomic E-state index is 12.3. The number of thiophene rings is 1. The van der Waals surface area contributed by atoms with Crippen molar-refractivity contribution in [2.75, 3.05) is 14.2 Å². The molecule has 1 heterocycles. The van der Waals surface area contributed by atoms with Crippen LogP contribution in [-0.4, -0.2) is 20.0 Å². The van der Waals surface area contributed by atoms with Crippen molar-refractivity contribution in [3.05, 3.63) is 44.6 Å². The summed E-state index contributed by atoms with van der Waals surface area (Å²) in [6.45, 7) is 0. The van der Waals surface area contributed by atoms with E-state index in [2.05, 4.69) is 15.9 Å². The third-order valence-electron chi connectivity index (χ3n) is 2.44. The molecule has 18 heavy (non-hydrogen) atoms. The predicted octanol–water partition coefficient (Wildman–Crippen LogP) is 3.76. The fraction of sp³-hybridized carbons (Fsp3) is 0.154. The highest BCUT2D eigenvalue weighted by Gasteiger charge is 2.13. The molecule has 0 fully saturated rings. The van der Waals surface area contributed by atoms with Crippen molar-refractivity contribution in [1.82, 2.24) is 0 Å². The van der Waals surface area contributed by atoms with Gasteiger partial charge in [-0.25, -0.2) is 0 Å². The van der Waals surface area contributed by atoms with Gasteiger partial charge in [0.05, 0.1) is 18.0 Å². The minimum atomic E-state index is -0.0471. The SMILES string of the molecule is COc1cc(OC)cc(C(=O)c2csc(Br)c2)c1. The molecule has 0 N–H and O–H groups in total. The van der Waals surface area contributed by atoms with E-state index in [1.807, 2.05) is 5.38 Å². The number of carbonyl (C=O) groups is 1. The van der Waals surface area contributed by atoms with Crippen LogP contribution in [0.1, 0.15) is 15.9 Å². The monoisotopic (exact) mass is 326 g/mol. The summed E-state index contributed by atoms with van der Waals surface area (Å²) in [6, 6.07) is 6.95. The first-order chi connectivity index (χ1) is 8.63. The molecule has 0 spiro atoms. The highest BCUT2D eigenvalue weighted by molar-refractivity contribution is 9.11. The molecule has 2 aromatic rings. The molecule has 5 heteroatoms. The Morgan fingerprint density at radius 3 is 2.11 bits per heavy atom. The summed E-state index contributed by atoms with van der Waals surface area (Å²) in [5.74, 6) is 1.16. The first kappa shape index (κ1) is 13.1. The van der Waals surface area contributed by atoms with Gasteiger partial charge in [-0.2, -0.15) is 0 Å². The van der Waals surface area contributed by atoms with Crippen LogP contribution in [0.25, 0.3) is 0 Å². The van der Waals surface area contributed by atoms with Crippen molar-refractivity contribution in [2.45, 2.75) is 0 Å². The largest absolute Gasteiger partial charge is 0.497 e. The van der Waals surface area contributed by atoms with Crippen LogP contribution in [0.5, 0.6) is 11.5 Å². The number of halogens is 1. The van der Waals surface area contributed by atoms with Gasteiger partial charge in [0.25, 0.3) is 0 Å². The van der Waals surface area contributed by atoms with E-state index in [1.165, 1.54) is 11.3 Å². The Labute approximate surface area is 117 Å². The van der Waals surface area contributed by atoms with Gasteiger partial charge in [-0.3, -0.25) is 4.79 Å². The van der Waals surface area contributed by atoms with E-state index in [-0.39, 0.29) is 5.78 Å². The number of hydrogen-bond donors (Lipinski definition) is 0. The van der Waals surface area contributed by atoms with Crippen molar-refractivity contribution in [3.8, 4) is 11.5 Å². The lowest BCUT2D eigenvalue weighted by molar-refractivity contribution is 0.103. The molecular weight excluding hydrogens is 316 g/mol. The molecule has 0 radical (unpaired) electrons. The van der Waals surface area contributed by atoms with Crippen molar-refractivity contribution >= 4 is 33.0 Å². The lowest BCUT2D eigenvalue weighted by atomic mass is 10.1. The molecule has 2 rings (SSSR count). The van der Waals surface area contributed by atoms with E-state index in [1.54, 1.807) is 38.5 Å². The highest BCUT2D eigenvalue weighted by atomic mass is 79.9. The maximum absolute atomic E-state index is 12.3. The van der Waals surface area contributed by atoms with Gasteiger partial charge in [-0.1, -0.05) is 0 Å². The number of benzene rings is 1. The summed E-state index contributed by atoms with van der Waals surface area (Å²) in [7, 11) is 3.12. The summed E-state index contributed by atoms with van der Waals surface area (Å²) in [5, 5.41) is 1.82. The van der Waals surface area contributed by atoms with Gasteiger partial charge in [0.15, 0.2) is 5.78 Å². The zero-order valence-electron chi connectivity index (χ0n) is 9.90. The zero-order valence-corrected chi connectivity index (χ0v) is 12.3. The zero-order chi connectivity index (χ0) is 13.1. The van der Waals surface area contributed by atoms with Crippen LogP contribution in [0.2, 0.25) is 0 Å². The van der Waals surface area contributed by atoms with Crippen LogP contribution < -0.4 is 9.47 Å². The third-order valence-corrected chi connectivity index (χ3v) is 3.95. The fourth-order valence-electron chi connectivity index (χ4n) is 1.53. The number of ketones is 1. The molecule has 0 aliphatic carbocycles. The lowest BCUT2D eigenvalue weighted by Gasteiger charge is -2.07. The number of ether oxygens (including phenoxy) is 2. The average Bonchev–Trinajstić information content (AvgIpc) is 2.83. The third kappa shape index (κ3) is 2.73. The predicted molar refractivity (Wildman–Crippen MR) is 75.0 cm³/mol. The molecule has 0 saturated heterocycles. The van der Waals surface area contributed by atoms with Gasteiger partial charge in [0.1, 0.15) is 11.5 Å². The summed E-state index contributed by atoms with van der Waals surface area (Å²) in [6.07, 6.45) is 0. The molecule has 0 aliphatic rings. The van der Waals surface area contributed by atoms with Gasteiger partial charge in [0.2, 0.25) is 0 Å².